The lowest BCUT2D eigenvalue weighted by Gasteiger charge is -2.29. The molecule has 1 fully saturated rings. The van der Waals surface area contributed by atoms with E-state index in [1.165, 1.54) is 0 Å². The molecule has 0 aromatic heterocycles. The zero-order valence-electron chi connectivity index (χ0n) is 10.1. The summed E-state index contributed by atoms with van der Waals surface area (Å²) < 4.78 is 5.34. The van der Waals surface area contributed by atoms with Crippen LogP contribution >= 0.6 is 11.8 Å². The first-order chi connectivity index (χ1) is 7.74. The van der Waals surface area contributed by atoms with Crippen LogP contribution in [0.3, 0.4) is 0 Å². The quantitative estimate of drug-likeness (QED) is 0.795. The highest BCUT2D eigenvalue weighted by atomic mass is 32.2. The average Bonchev–Trinajstić information content (AvgIpc) is 2.65. The molecule has 92 valence electrons. The first-order valence-corrected chi connectivity index (χ1v) is 7.00. The first-order valence-electron chi connectivity index (χ1n) is 6.01. The first kappa shape index (κ1) is 12.2. The van der Waals surface area contributed by atoms with Crippen LogP contribution in [-0.4, -0.2) is 60.8 Å². The van der Waals surface area contributed by atoms with Crippen LogP contribution in [0.4, 0.5) is 0 Å². The van der Waals surface area contributed by atoms with E-state index in [4.69, 9.17) is 4.74 Å². The molecule has 0 radical (unpaired) electrons. The molecule has 2 unspecified atom stereocenters. The summed E-state index contributed by atoms with van der Waals surface area (Å²) in [5, 5.41) is 4.61. The fourth-order valence-electron chi connectivity index (χ4n) is 1.98. The Morgan fingerprint density at radius 1 is 1.56 bits per heavy atom. The Hall–Kier alpha value is -0.260. The lowest BCUT2D eigenvalue weighted by Crippen LogP contribution is -2.45. The van der Waals surface area contributed by atoms with Gasteiger partial charge in [0.1, 0.15) is 0 Å². The van der Waals surface area contributed by atoms with E-state index in [0.29, 0.717) is 12.1 Å². The molecule has 2 atom stereocenters. The number of nitrogens with one attached hydrogen (secondary N) is 1. The molecule has 4 nitrogen and oxygen atoms in total. The van der Waals surface area contributed by atoms with Gasteiger partial charge in [0.25, 0.3) is 0 Å². The predicted molar refractivity (Wildman–Crippen MR) is 69.2 cm³/mol. The van der Waals surface area contributed by atoms with Gasteiger partial charge in [-0.05, 0) is 13.8 Å². The lowest BCUT2D eigenvalue weighted by atomic mass is 10.3. The second kappa shape index (κ2) is 5.89. The summed E-state index contributed by atoms with van der Waals surface area (Å²) in [6, 6.07) is 0.942. The Bertz CT molecular complexity index is 254. The molecule has 5 heteroatoms. The van der Waals surface area contributed by atoms with Gasteiger partial charge < -0.3 is 10.1 Å². The molecular formula is C11H21N3OS. The van der Waals surface area contributed by atoms with Gasteiger partial charge >= 0.3 is 0 Å². The standard InChI is InChI=1S/C11H21N3OS/c1-9(7-14-3-5-15-6-4-14)12-11-13-10(2)8-16-11/h9-10H,3-8H2,1-2H3,(H,12,13). The molecule has 16 heavy (non-hydrogen) atoms. The normalized spacial score (nSPS) is 28.9. The van der Waals surface area contributed by atoms with Gasteiger partial charge in [0.05, 0.1) is 19.3 Å². The van der Waals surface area contributed by atoms with Gasteiger partial charge in [-0.25, -0.2) is 0 Å². The molecule has 0 aliphatic carbocycles. The van der Waals surface area contributed by atoms with E-state index in [0.717, 1.165) is 43.8 Å². The van der Waals surface area contributed by atoms with Crippen LogP contribution in [0, 0.1) is 0 Å². The molecular weight excluding hydrogens is 222 g/mol. The highest BCUT2D eigenvalue weighted by Gasteiger charge is 2.18. The van der Waals surface area contributed by atoms with Gasteiger partial charge in [-0.2, -0.15) is 0 Å². The monoisotopic (exact) mass is 243 g/mol. The molecule has 2 aliphatic rings. The largest absolute Gasteiger partial charge is 0.379 e. The Balaban J connectivity index is 1.71. The molecule has 1 saturated heterocycles. The summed E-state index contributed by atoms with van der Waals surface area (Å²) in [4.78, 5) is 7.00. The summed E-state index contributed by atoms with van der Waals surface area (Å²) in [6.45, 7) is 9.33. The van der Waals surface area contributed by atoms with Crippen molar-refractivity contribution < 1.29 is 4.74 Å². The summed E-state index contributed by atoms with van der Waals surface area (Å²) in [5.74, 6) is 1.12. The number of hydrogen-bond donors (Lipinski definition) is 1. The van der Waals surface area contributed by atoms with Crippen molar-refractivity contribution in [1.82, 2.24) is 10.2 Å². The number of nitrogens with zero attached hydrogens (tertiary/aromatic N) is 2. The van der Waals surface area contributed by atoms with Gasteiger partial charge in [-0.3, -0.25) is 9.89 Å². The Labute approximate surface area is 102 Å². The van der Waals surface area contributed by atoms with Crippen molar-refractivity contribution in [2.24, 2.45) is 4.99 Å². The average molecular weight is 243 g/mol. The fourth-order valence-corrected chi connectivity index (χ4v) is 2.99. The van der Waals surface area contributed by atoms with Crippen LogP contribution in [0.25, 0.3) is 0 Å². The van der Waals surface area contributed by atoms with Crippen LogP contribution in [0.15, 0.2) is 4.99 Å². The lowest BCUT2D eigenvalue weighted by molar-refractivity contribution is 0.0353. The van der Waals surface area contributed by atoms with Gasteiger partial charge in [0, 0.05) is 31.4 Å². The number of amidine groups is 1. The molecule has 0 spiro atoms. The number of thioether (sulfide) groups is 1. The number of hydrogen-bond acceptors (Lipinski definition) is 5. The van der Waals surface area contributed by atoms with Crippen molar-refractivity contribution in [3.8, 4) is 0 Å². The highest BCUT2D eigenvalue weighted by molar-refractivity contribution is 8.14. The number of aliphatic imine (C=N–C) groups is 1. The van der Waals surface area contributed by atoms with Crippen molar-refractivity contribution in [1.29, 1.82) is 0 Å². The molecule has 0 saturated carbocycles. The summed E-state index contributed by atoms with van der Waals surface area (Å²) in [6.07, 6.45) is 0. The number of rotatable bonds is 3. The maximum atomic E-state index is 5.34. The molecule has 2 heterocycles. The summed E-state index contributed by atoms with van der Waals surface area (Å²) in [7, 11) is 0. The third-order valence-corrected chi connectivity index (χ3v) is 3.95. The second-order valence-electron chi connectivity index (χ2n) is 4.55. The minimum Gasteiger partial charge on any atom is -0.379 e. The van der Waals surface area contributed by atoms with Gasteiger partial charge in [-0.1, -0.05) is 11.8 Å². The van der Waals surface area contributed by atoms with Crippen LogP contribution in [0.1, 0.15) is 13.8 Å². The Kier molecular flexibility index (Phi) is 4.49. The minimum absolute atomic E-state index is 0.467. The van der Waals surface area contributed by atoms with Crippen molar-refractivity contribution >= 4 is 16.9 Å². The van der Waals surface area contributed by atoms with Crippen molar-refractivity contribution in [3.05, 3.63) is 0 Å². The van der Waals surface area contributed by atoms with Gasteiger partial charge in [0.15, 0.2) is 5.17 Å². The van der Waals surface area contributed by atoms with Crippen LogP contribution in [0.2, 0.25) is 0 Å². The van der Waals surface area contributed by atoms with Gasteiger partial charge in [-0.15, -0.1) is 0 Å². The molecule has 1 N–H and O–H groups in total. The molecule has 0 aromatic carbocycles. The van der Waals surface area contributed by atoms with E-state index in [-0.39, 0.29) is 0 Å². The van der Waals surface area contributed by atoms with Crippen LogP contribution < -0.4 is 5.32 Å². The molecule has 0 aromatic rings. The third kappa shape index (κ3) is 3.64. The van der Waals surface area contributed by atoms with E-state index in [9.17, 15) is 0 Å². The van der Waals surface area contributed by atoms with E-state index in [2.05, 4.69) is 29.1 Å². The highest BCUT2D eigenvalue weighted by Crippen LogP contribution is 2.16. The zero-order valence-corrected chi connectivity index (χ0v) is 10.9. The molecule has 0 bridgehead atoms. The maximum absolute atomic E-state index is 5.34. The Morgan fingerprint density at radius 2 is 2.31 bits per heavy atom. The number of morpholine rings is 1. The van der Waals surface area contributed by atoms with E-state index in [1.807, 2.05) is 11.8 Å². The van der Waals surface area contributed by atoms with Crippen molar-refractivity contribution in [3.63, 3.8) is 0 Å². The second-order valence-corrected chi connectivity index (χ2v) is 5.56. The molecule has 0 amide bonds. The fraction of sp³-hybridized carbons (Fsp3) is 0.909. The summed E-state index contributed by atoms with van der Waals surface area (Å²) >= 11 is 1.84. The minimum atomic E-state index is 0.467. The van der Waals surface area contributed by atoms with E-state index >= 15 is 0 Å². The third-order valence-electron chi connectivity index (χ3n) is 2.80. The van der Waals surface area contributed by atoms with Crippen molar-refractivity contribution in [2.75, 3.05) is 38.6 Å². The van der Waals surface area contributed by atoms with Gasteiger partial charge in [0.2, 0.25) is 0 Å². The molecule has 2 rings (SSSR count). The van der Waals surface area contributed by atoms with Crippen molar-refractivity contribution in [2.45, 2.75) is 25.9 Å². The van der Waals surface area contributed by atoms with E-state index < -0.39 is 0 Å². The maximum Gasteiger partial charge on any atom is 0.157 e. The van der Waals surface area contributed by atoms with Crippen LogP contribution in [0.5, 0.6) is 0 Å². The number of ether oxygens (including phenoxy) is 1. The predicted octanol–water partition coefficient (Wildman–Crippen LogP) is 0.788. The SMILES string of the molecule is CC1CSC(NC(C)CN2CCOCC2)=N1. The van der Waals surface area contributed by atoms with E-state index in [1.54, 1.807) is 0 Å². The zero-order chi connectivity index (χ0) is 11.4. The molecule has 2 aliphatic heterocycles. The summed E-state index contributed by atoms with van der Waals surface area (Å²) in [5.41, 5.74) is 0. The topological polar surface area (TPSA) is 36.9 Å². The van der Waals surface area contributed by atoms with Crippen LogP contribution in [-0.2, 0) is 4.74 Å². The smallest absolute Gasteiger partial charge is 0.157 e. The Morgan fingerprint density at radius 3 is 2.94 bits per heavy atom.